The fourth-order valence-electron chi connectivity index (χ4n) is 3.94. The van der Waals surface area contributed by atoms with E-state index in [1.165, 1.54) is 18.3 Å². The van der Waals surface area contributed by atoms with Crippen LogP contribution in [0.15, 0.2) is 71.8 Å². The third kappa shape index (κ3) is 3.15. The molecule has 0 aliphatic heterocycles. The van der Waals surface area contributed by atoms with Crippen molar-refractivity contribution >= 4 is 21.8 Å². The highest BCUT2D eigenvalue weighted by molar-refractivity contribution is 7.90. The molecule has 1 aliphatic carbocycles. The number of ketones is 1. The van der Waals surface area contributed by atoms with Crippen LogP contribution in [0.25, 0.3) is 0 Å². The highest BCUT2D eigenvalue weighted by Crippen LogP contribution is 2.44. The summed E-state index contributed by atoms with van der Waals surface area (Å²) < 4.78 is 32.6. The van der Waals surface area contributed by atoms with Crippen LogP contribution in [0.1, 0.15) is 40.0 Å². The molecular formula is C23H21NO5S. The van der Waals surface area contributed by atoms with Crippen LogP contribution in [0.4, 0.5) is 0 Å². The molecule has 3 aromatic rings. The van der Waals surface area contributed by atoms with Crippen molar-refractivity contribution < 1.29 is 22.7 Å². The zero-order valence-corrected chi connectivity index (χ0v) is 17.4. The van der Waals surface area contributed by atoms with Gasteiger partial charge in [-0.05, 0) is 43.2 Å². The number of carbonyl (C=O) groups is 2. The van der Waals surface area contributed by atoms with Crippen molar-refractivity contribution in [3.8, 4) is 0 Å². The summed E-state index contributed by atoms with van der Waals surface area (Å²) in [5.41, 5.74) is 2.21. The van der Waals surface area contributed by atoms with Gasteiger partial charge in [-0.3, -0.25) is 9.59 Å². The molecule has 0 N–H and O–H groups in total. The minimum Gasteiger partial charge on any atom is -0.465 e. The van der Waals surface area contributed by atoms with Gasteiger partial charge in [0.2, 0.25) is 0 Å². The van der Waals surface area contributed by atoms with Crippen LogP contribution in [0, 0.1) is 12.8 Å². The van der Waals surface area contributed by atoms with E-state index in [-0.39, 0.29) is 17.2 Å². The molecule has 2 aromatic carbocycles. The number of aromatic nitrogens is 1. The molecular weight excluding hydrogens is 402 g/mol. The summed E-state index contributed by atoms with van der Waals surface area (Å²) in [6.07, 6.45) is 1.38. The highest BCUT2D eigenvalue weighted by Gasteiger charge is 2.49. The lowest BCUT2D eigenvalue weighted by atomic mass is 9.86. The molecule has 2 unspecified atom stereocenters. The van der Waals surface area contributed by atoms with E-state index in [0.717, 1.165) is 15.1 Å². The van der Waals surface area contributed by atoms with Crippen molar-refractivity contribution in [3.63, 3.8) is 0 Å². The average molecular weight is 423 g/mol. The summed E-state index contributed by atoms with van der Waals surface area (Å²) >= 11 is 0. The van der Waals surface area contributed by atoms with Gasteiger partial charge >= 0.3 is 5.97 Å². The van der Waals surface area contributed by atoms with E-state index in [4.69, 9.17) is 4.74 Å². The molecule has 30 heavy (non-hydrogen) atoms. The van der Waals surface area contributed by atoms with Gasteiger partial charge in [0.05, 0.1) is 11.5 Å². The van der Waals surface area contributed by atoms with E-state index in [0.29, 0.717) is 5.56 Å². The number of aryl methyl sites for hydroxylation is 1. The zero-order chi connectivity index (χ0) is 21.5. The number of Topliss-reactive ketones (excluding diaryl/α,β-unsaturated/α-hetero) is 1. The molecule has 1 aromatic heterocycles. The van der Waals surface area contributed by atoms with Gasteiger partial charge in [-0.25, -0.2) is 12.4 Å². The smallest absolute Gasteiger partial charge is 0.317 e. The number of benzene rings is 2. The number of fused-ring (bicyclic) bond motifs is 1. The second-order valence-corrected chi connectivity index (χ2v) is 9.03. The average Bonchev–Trinajstić information content (AvgIpc) is 3.29. The Morgan fingerprint density at radius 1 is 1.03 bits per heavy atom. The second-order valence-electron chi connectivity index (χ2n) is 7.22. The predicted molar refractivity (Wildman–Crippen MR) is 111 cm³/mol. The van der Waals surface area contributed by atoms with Crippen molar-refractivity contribution in [2.24, 2.45) is 5.92 Å². The minimum absolute atomic E-state index is 0.0162. The molecule has 1 heterocycles. The summed E-state index contributed by atoms with van der Waals surface area (Å²) in [6.45, 7) is 3.67. The lowest BCUT2D eigenvalue weighted by Crippen LogP contribution is -2.28. The maximum absolute atomic E-state index is 13.3. The van der Waals surface area contributed by atoms with E-state index in [9.17, 15) is 18.0 Å². The summed E-state index contributed by atoms with van der Waals surface area (Å²) in [7, 11) is -3.99. The van der Waals surface area contributed by atoms with Crippen LogP contribution < -0.4 is 0 Å². The molecule has 0 fully saturated rings. The summed E-state index contributed by atoms with van der Waals surface area (Å²) in [6, 6.07) is 17.2. The first-order chi connectivity index (χ1) is 14.4. The van der Waals surface area contributed by atoms with Gasteiger partial charge in [-0.2, -0.15) is 0 Å². The topological polar surface area (TPSA) is 82.4 Å². The fraction of sp³-hybridized carbons (Fsp3) is 0.217. The number of ether oxygens (including phenoxy) is 1. The number of esters is 1. The number of hydrogen-bond donors (Lipinski definition) is 0. The second kappa shape index (κ2) is 7.57. The third-order valence-electron chi connectivity index (χ3n) is 5.34. The van der Waals surface area contributed by atoms with Gasteiger partial charge < -0.3 is 4.74 Å². The Morgan fingerprint density at radius 2 is 1.70 bits per heavy atom. The van der Waals surface area contributed by atoms with Gasteiger partial charge in [0, 0.05) is 12.1 Å². The SMILES string of the molecule is CCOC(=O)C1C(=O)c2c(ccn2S(=O)(=O)c2ccc(C)cc2)C1c1ccccc1. The maximum Gasteiger partial charge on any atom is 0.317 e. The van der Waals surface area contributed by atoms with Crippen LogP contribution in [-0.2, 0) is 19.6 Å². The van der Waals surface area contributed by atoms with Crippen molar-refractivity contribution in [2.75, 3.05) is 6.61 Å². The molecule has 0 saturated heterocycles. The molecule has 1 aliphatic rings. The molecule has 0 spiro atoms. The quantitative estimate of drug-likeness (QED) is 0.463. The largest absolute Gasteiger partial charge is 0.465 e. The van der Waals surface area contributed by atoms with Gasteiger partial charge in [0.15, 0.2) is 5.78 Å². The lowest BCUT2D eigenvalue weighted by Gasteiger charge is -2.18. The van der Waals surface area contributed by atoms with E-state index in [1.807, 2.05) is 37.3 Å². The van der Waals surface area contributed by atoms with Crippen LogP contribution in [-0.4, -0.2) is 30.7 Å². The molecule has 2 atom stereocenters. The van der Waals surface area contributed by atoms with Gasteiger partial charge in [0.1, 0.15) is 11.6 Å². The van der Waals surface area contributed by atoms with E-state index < -0.39 is 33.6 Å². The number of rotatable bonds is 5. The molecule has 0 radical (unpaired) electrons. The fourth-order valence-corrected chi connectivity index (χ4v) is 5.30. The number of hydrogen-bond acceptors (Lipinski definition) is 5. The predicted octanol–water partition coefficient (Wildman–Crippen LogP) is 3.54. The van der Waals surface area contributed by atoms with Crippen LogP contribution in [0.5, 0.6) is 0 Å². The van der Waals surface area contributed by atoms with Crippen molar-refractivity contribution in [1.82, 2.24) is 3.97 Å². The minimum atomic E-state index is -3.99. The van der Waals surface area contributed by atoms with Gasteiger partial charge in [-0.1, -0.05) is 48.0 Å². The molecule has 154 valence electrons. The Bertz CT molecular complexity index is 1210. The highest BCUT2D eigenvalue weighted by atomic mass is 32.2. The molecule has 4 rings (SSSR count). The Balaban J connectivity index is 1.88. The first kappa shape index (κ1) is 20.1. The molecule has 0 saturated carbocycles. The normalized spacial score (nSPS) is 18.3. The van der Waals surface area contributed by atoms with Crippen LogP contribution in [0.2, 0.25) is 0 Å². The Kier molecular flexibility index (Phi) is 5.07. The molecule has 0 amide bonds. The van der Waals surface area contributed by atoms with E-state index >= 15 is 0 Å². The number of carbonyl (C=O) groups excluding carboxylic acids is 2. The number of nitrogens with zero attached hydrogens (tertiary/aromatic N) is 1. The Hall–Kier alpha value is -3.19. The monoisotopic (exact) mass is 423 g/mol. The van der Waals surface area contributed by atoms with Gasteiger partial charge in [0.25, 0.3) is 10.0 Å². The zero-order valence-electron chi connectivity index (χ0n) is 16.6. The van der Waals surface area contributed by atoms with Crippen molar-refractivity contribution in [2.45, 2.75) is 24.7 Å². The summed E-state index contributed by atoms with van der Waals surface area (Å²) in [4.78, 5) is 26.1. The Labute approximate surface area is 175 Å². The molecule has 6 nitrogen and oxygen atoms in total. The standard InChI is InChI=1S/C23H21NO5S/c1-3-29-23(26)20-19(16-7-5-4-6-8-16)18-13-14-24(21(18)22(20)25)30(27,28)17-11-9-15(2)10-12-17/h4-14,19-20H,3H2,1-2H3. The summed E-state index contributed by atoms with van der Waals surface area (Å²) in [5, 5.41) is 0. The third-order valence-corrected chi connectivity index (χ3v) is 7.03. The van der Waals surface area contributed by atoms with E-state index in [1.54, 1.807) is 25.1 Å². The van der Waals surface area contributed by atoms with E-state index in [2.05, 4.69) is 0 Å². The van der Waals surface area contributed by atoms with Gasteiger partial charge in [-0.15, -0.1) is 0 Å². The van der Waals surface area contributed by atoms with Crippen molar-refractivity contribution in [1.29, 1.82) is 0 Å². The van der Waals surface area contributed by atoms with Crippen molar-refractivity contribution in [3.05, 3.63) is 89.2 Å². The Morgan fingerprint density at radius 3 is 2.33 bits per heavy atom. The summed E-state index contributed by atoms with van der Waals surface area (Å²) in [5.74, 6) is -2.90. The first-order valence-corrected chi connectivity index (χ1v) is 11.1. The first-order valence-electron chi connectivity index (χ1n) is 9.65. The molecule has 7 heteroatoms. The maximum atomic E-state index is 13.3. The molecule has 0 bridgehead atoms. The van der Waals surface area contributed by atoms with Crippen LogP contribution >= 0.6 is 0 Å². The lowest BCUT2D eigenvalue weighted by molar-refractivity contribution is -0.146. The van der Waals surface area contributed by atoms with Crippen LogP contribution in [0.3, 0.4) is 0 Å².